The van der Waals surface area contributed by atoms with Crippen LogP contribution in [0.15, 0.2) is 18.2 Å². The number of nitrogens with zero attached hydrogens (tertiary/aromatic N) is 1. The summed E-state index contributed by atoms with van der Waals surface area (Å²) >= 11 is 5.82. The van der Waals surface area contributed by atoms with Gasteiger partial charge in [-0.3, -0.25) is 4.79 Å². The number of hydrogen-bond acceptors (Lipinski definition) is 3. The molecule has 1 atom stereocenters. The minimum Gasteiger partial charge on any atom is -0.481 e. The van der Waals surface area contributed by atoms with Crippen molar-refractivity contribution >= 4 is 23.3 Å². The lowest BCUT2D eigenvalue weighted by Gasteiger charge is -2.24. The molecule has 0 radical (unpaired) electrons. The molecule has 0 aliphatic heterocycles. The van der Waals surface area contributed by atoms with E-state index in [1.54, 1.807) is 18.2 Å². The first-order chi connectivity index (χ1) is 9.23. The minimum absolute atomic E-state index is 0.0667. The first kappa shape index (κ1) is 16.3. The van der Waals surface area contributed by atoms with Crippen LogP contribution in [0.5, 0.6) is 0 Å². The molecule has 0 bridgehead atoms. The van der Waals surface area contributed by atoms with Gasteiger partial charge in [-0.05, 0) is 30.0 Å². The molecule has 0 saturated heterocycles. The summed E-state index contributed by atoms with van der Waals surface area (Å²) in [5, 5.41) is 21.8. The summed E-state index contributed by atoms with van der Waals surface area (Å²) in [5.41, 5.74) is 0.956. The smallest absolute Gasteiger partial charge is 0.308 e. The molecule has 1 aromatic carbocycles. The van der Waals surface area contributed by atoms with E-state index in [2.05, 4.69) is 5.32 Å². The zero-order valence-corrected chi connectivity index (χ0v) is 12.7. The Morgan fingerprint density at radius 2 is 2.15 bits per heavy atom. The van der Waals surface area contributed by atoms with Gasteiger partial charge in [0.25, 0.3) is 0 Å². The highest BCUT2D eigenvalue weighted by atomic mass is 35.5. The number of carbonyl (C=O) groups is 1. The molecule has 0 aliphatic carbocycles. The van der Waals surface area contributed by atoms with Crippen LogP contribution in [0, 0.1) is 22.7 Å². The number of hydrogen-bond donors (Lipinski definition) is 2. The van der Waals surface area contributed by atoms with Crippen LogP contribution in [0.2, 0.25) is 5.02 Å². The third kappa shape index (κ3) is 5.10. The Kier molecular flexibility index (Phi) is 5.41. The Hall–Kier alpha value is -1.73. The molecule has 0 aromatic heterocycles. The zero-order valence-electron chi connectivity index (χ0n) is 11.9. The molecular weight excluding hydrogens is 276 g/mol. The van der Waals surface area contributed by atoms with Crippen molar-refractivity contribution in [2.45, 2.75) is 27.2 Å². The van der Waals surface area contributed by atoms with E-state index in [-0.39, 0.29) is 12.0 Å². The van der Waals surface area contributed by atoms with Crippen molar-refractivity contribution in [3.8, 4) is 6.07 Å². The molecule has 1 unspecified atom stereocenters. The van der Waals surface area contributed by atoms with Gasteiger partial charge in [0.05, 0.1) is 17.2 Å². The Labute approximate surface area is 124 Å². The molecule has 0 amide bonds. The van der Waals surface area contributed by atoms with Gasteiger partial charge in [0.1, 0.15) is 6.07 Å². The standard InChI is InChI=1S/C15H19ClN2O2/c1-15(2,3)7-11(14(19)20)9-18-13-5-4-12(16)6-10(13)8-17/h4-6,11,18H,7,9H2,1-3H3,(H,19,20). The molecule has 0 spiro atoms. The SMILES string of the molecule is CC(C)(C)CC(CNc1ccc(Cl)cc1C#N)C(=O)O. The van der Waals surface area contributed by atoms with Gasteiger partial charge in [-0.15, -0.1) is 0 Å². The normalized spacial score (nSPS) is 12.6. The number of anilines is 1. The number of nitriles is 1. The van der Waals surface area contributed by atoms with Gasteiger partial charge in [-0.25, -0.2) is 0 Å². The van der Waals surface area contributed by atoms with E-state index in [1.165, 1.54) is 0 Å². The summed E-state index contributed by atoms with van der Waals surface area (Å²) in [5.74, 6) is -1.34. The lowest BCUT2D eigenvalue weighted by atomic mass is 9.84. The highest BCUT2D eigenvalue weighted by Crippen LogP contribution is 2.26. The Morgan fingerprint density at radius 1 is 1.50 bits per heavy atom. The predicted molar refractivity (Wildman–Crippen MR) is 79.9 cm³/mol. The maximum absolute atomic E-state index is 11.3. The zero-order chi connectivity index (χ0) is 15.3. The summed E-state index contributed by atoms with van der Waals surface area (Å²) in [6, 6.07) is 6.96. The molecule has 1 aromatic rings. The molecule has 0 fully saturated rings. The topological polar surface area (TPSA) is 73.1 Å². The lowest BCUT2D eigenvalue weighted by molar-refractivity contribution is -0.142. The average Bonchev–Trinajstić information content (AvgIpc) is 2.33. The van der Waals surface area contributed by atoms with Crippen LogP contribution in [-0.4, -0.2) is 17.6 Å². The molecule has 0 heterocycles. The summed E-state index contributed by atoms with van der Waals surface area (Å²) in [7, 11) is 0. The summed E-state index contributed by atoms with van der Waals surface area (Å²) in [6.45, 7) is 6.30. The quantitative estimate of drug-likeness (QED) is 0.867. The molecule has 4 nitrogen and oxygen atoms in total. The van der Waals surface area contributed by atoms with E-state index in [1.807, 2.05) is 26.8 Å². The van der Waals surface area contributed by atoms with Crippen molar-refractivity contribution in [2.24, 2.45) is 11.3 Å². The van der Waals surface area contributed by atoms with Gasteiger partial charge < -0.3 is 10.4 Å². The number of halogens is 1. The van der Waals surface area contributed by atoms with E-state index >= 15 is 0 Å². The van der Waals surface area contributed by atoms with Crippen molar-refractivity contribution in [2.75, 3.05) is 11.9 Å². The number of benzene rings is 1. The molecule has 1 rings (SSSR count). The third-order valence-corrected chi connectivity index (χ3v) is 3.08. The number of carboxylic acid groups (broad SMARTS) is 1. The highest BCUT2D eigenvalue weighted by molar-refractivity contribution is 6.30. The van der Waals surface area contributed by atoms with E-state index in [9.17, 15) is 9.90 Å². The Morgan fingerprint density at radius 3 is 2.65 bits per heavy atom. The maximum atomic E-state index is 11.3. The molecular formula is C15H19ClN2O2. The van der Waals surface area contributed by atoms with Crippen LogP contribution < -0.4 is 5.32 Å². The van der Waals surface area contributed by atoms with Crippen molar-refractivity contribution < 1.29 is 9.90 Å². The second-order valence-electron chi connectivity index (χ2n) is 5.98. The van der Waals surface area contributed by atoms with Gasteiger partial charge in [-0.2, -0.15) is 5.26 Å². The molecule has 2 N–H and O–H groups in total. The highest BCUT2D eigenvalue weighted by Gasteiger charge is 2.24. The largest absolute Gasteiger partial charge is 0.481 e. The van der Waals surface area contributed by atoms with Crippen LogP contribution >= 0.6 is 11.6 Å². The molecule has 20 heavy (non-hydrogen) atoms. The van der Waals surface area contributed by atoms with Crippen molar-refractivity contribution in [3.63, 3.8) is 0 Å². The van der Waals surface area contributed by atoms with Crippen LogP contribution in [0.1, 0.15) is 32.8 Å². The van der Waals surface area contributed by atoms with Crippen molar-refractivity contribution in [1.82, 2.24) is 0 Å². The first-order valence-electron chi connectivity index (χ1n) is 6.39. The maximum Gasteiger partial charge on any atom is 0.308 e. The number of carboxylic acids is 1. The first-order valence-corrected chi connectivity index (χ1v) is 6.77. The second-order valence-corrected chi connectivity index (χ2v) is 6.42. The summed E-state index contributed by atoms with van der Waals surface area (Å²) < 4.78 is 0. The number of nitrogens with one attached hydrogen (secondary N) is 1. The van der Waals surface area contributed by atoms with Gasteiger partial charge in [0, 0.05) is 11.6 Å². The predicted octanol–water partition coefficient (Wildman–Crippen LogP) is 3.76. The van der Waals surface area contributed by atoms with E-state index < -0.39 is 11.9 Å². The van der Waals surface area contributed by atoms with E-state index in [0.717, 1.165) is 0 Å². The fourth-order valence-electron chi connectivity index (χ4n) is 1.98. The molecule has 108 valence electrons. The van der Waals surface area contributed by atoms with Crippen LogP contribution in [0.3, 0.4) is 0 Å². The van der Waals surface area contributed by atoms with Crippen molar-refractivity contribution in [3.05, 3.63) is 28.8 Å². The Balaban J connectivity index is 2.78. The van der Waals surface area contributed by atoms with Crippen LogP contribution in [-0.2, 0) is 4.79 Å². The van der Waals surface area contributed by atoms with Crippen molar-refractivity contribution in [1.29, 1.82) is 5.26 Å². The van der Waals surface area contributed by atoms with E-state index in [0.29, 0.717) is 22.7 Å². The molecule has 0 saturated carbocycles. The third-order valence-electron chi connectivity index (χ3n) is 2.85. The number of rotatable bonds is 5. The second kappa shape index (κ2) is 6.62. The van der Waals surface area contributed by atoms with Gasteiger partial charge in [0.15, 0.2) is 0 Å². The van der Waals surface area contributed by atoms with Crippen LogP contribution in [0.4, 0.5) is 5.69 Å². The number of aliphatic carboxylic acids is 1. The fourth-order valence-corrected chi connectivity index (χ4v) is 2.15. The lowest BCUT2D eigenvalue weighted by Crippen LogP contribution is -2.27. The average molecular weight is 295 g/mol. The summed E-state index contributed by atoms with van der Waals surface area (Å²) in [6.07, 6.45) is 0.560. The molecule has 5 heteroatoms. The van der Waals surface area contributed by atoms with Gasteiger partial charge in [-0.1, -0.05) is 32.4 Å². The fraction of sp³-hybridized carbons (Fsp3) is 0.467. The van der Waals surface area contributed by atoms with Crippen LogP contribution in [0.25, 0.3) is 0 Å². The van der Waals surface area contributed by atoms with E-state index in [4.69, 9.17) is 16.9 Å². The Bertz CT molecular complexity index is 530. The summed E-state index contributed by atoms with van der Waals surface area (Å²) in [4.78, 5) is 11.3. The minimum atomic E-state index is -0.833. The monoisotopic (exact) mass is 294 g/mol. The van der Waals surface area contributed by atoms with Gasteiger partial charge in [0.2, 0.25) is 0 Å². The molecule has 0 aliphatic rings. The van der Waals surface area contributed by atoms with Gasteiger partial charge >= 0.3 is 5.97 Å².